The van der Waals surface area contributed by atoms with Crippen molar-refractivity contribution in [3.05, 3.63) is 23.8 Å². The fourth-order valence-electron chi connectivity index (χ4n) is 3.18. The van der Waals surface area contributed by atoms with Crippen molar-refractivity contribution in [1.29, 1.82) is 0 Å². The Bertz CT molecular complexity index is 869. The predicted molar refractivity (Wildman–Crippen MR) is 134 cm³/mol. The molecule has 1 rings (SSSR count). The van der Waals surface area contributed by atoms with E-state index in [1.54, 1.807) is 19.9 Å². The van der Waals surface area contributed by atoms with E-state index in [4.69, 9.17) is 24.7 Å². The monoisotopic (exact) mass is 507 g/mol. The number of carbonyl (C=O) groups excluding carboxylic acids is 4. The van der Waals surface area contributed by atoms with E-state index in [1.165, 1.54) is 12.1 Å². The highest BCUT2D eigenvalue weighted by Crippen LogP contribution is 2.30. The second-order valence-electron chi connectivity index (χ2n) is 8.83. The Morgan fingerprint density at radius 2 is 1.33 bits per heavy atom. The predicted octanol–water partition coefficient (Wildman–Crippen LogP) is 4.41. The van der Waals surface area contributed by atoms with Crippen molar-refractivity contribution in [2.75, 3.05) is 0 Å². The molecule has 0 aromatic heterocycles. The molecular formula is C27H41NO8. The van der Waals surface area contributed by atoms with E-state index in [9.17, 15) is 19.2 Å². The summed E-state index contributed by atoms with van der Waals surface area (Å²) in [5.74, 6) is -1.66. The van der Waals surface area contributed by atoms with Crippen molar-refractivity contribution in [3.63, 3.8) is 0 Å². The van der Waals surface area contributed by atoms with Crippen LogP contribution in [-0.4, -0.2) is 42.1 Å². The van der Waals surface area contributed by atoms with Gasteiger partial charge in [0.2, 0.25) is 0 Å². The van der Waals surface area contributed by atoms with E-state index in [0.717, 1.165) is 19.3 Å². The van der Waals surface area contributed by atoms with E-state index >= 15 is 0 Å². The number of carbonyl (C=O) groups is 4. The van der Waals surface area contributed by atoms with E-state index in [0.29, 0.717) is 24.8 Å². The average Bonchev–Trinajstić information content (AvgIpc) is 2.81. The zero-order valence-electron chi connectivity index (χ0n) is 22.2. The molecule has 1 unspecified atom stereocenters. The maximum atomic E-state index is 12.5. The number of benzene rings is 1. The zero-order chi connectivity index (χ0) is 27.1. The summed E-state index contributed by atoms with van der Waals surface area (Å²) in [5, 5.41) is 0. The van der Waals surface area contributed by atoms with Crippen LogP contribution in [0.15, 0.2) is 18.2 Å². The van der Waals surface area contributed by atoms with Crippen molar-refractivity contribution in [3.8, 4) is 11.5 Å². The van der Waals surface area contributed by atoms with Crippen LogP contribution in [0.1, 0.15) is 91.5 Å². The van der Waals surface area contributed by atoms with Crippen LogP contribution in [0.4, 0.5) is 0 Å². The summed E-state index contributed by atoms with van der Waals surface area (Å²) in [5.41, 5.74) is 6.66. The van der Waals surface area contributed by atoms with Gasteiger partial charge in [-0.25, -0.2) is 0 Å². The first-order valence-corrected chi connectivity index (χ1v) is 12.8. The van der Waals surface area contributed by atoms with E-state index in [2.05, 4.69) is 6.92 Å². The summed E-state index contributed by atoms with van der Waals surface area (Å²) in [6, 6.07) is 3.67. The lowest BCUT2D eigenvalue weighted by molar-refractivity contribution is -0.166. The molecule has 9 heteroatoms. The van der Waals surface area contributed by atoms with Gasteiger partial charge in [0, 0.05) is 19.3 Å². The van der Waals surface area contributed by atoms with Crippen LogP contribution in [0.5, 0.6) is 11.5 Å². The molecule has 9 nitrogen and oxygen atoms in total. The van der Waals surface area contributed by atoms with Gasteiger partial charge in [0.15, 0.2) is 11.5 Å². The molecule has 3 atom stereocenters. The Morgan fingerprint density at radius 3 is 1.92 bits per heavy atom. The van der Waals surface area contributed by atoms with Gasteiger partial charge in [0.1, 0.15) is 18.2 Å². The fraction of sp³-hybridized carbons (Fsp3) is 0.630. The van der Waals surface area contributed by atoms with E-state index < -0.39 is 36.2 Å². The van der Waals surface area contributed by atoms with E-state index in [1.807, 2.05) is 13.8 Å². The third kappa shape index (κ3) is 11.7. The lowest BCUT2D eigenvalue weighted by Crippen LogP contribution is -2.39. The van der Waals surface area contributed by atoms with Gasteiger partial charge in [-0.05, 0) is 57.2 Å². The first-order chi connectivity index (χ1) is 17.1. The van der Waals surface area contributed by atoms with Crippen LogP contribution in [-0.2, 0) is 35.1 Å². The van der Waals surface area contributed by atoms with Gasteiger partial charge in [-0.2, -0.15) is 0 Å². The Labute approximate surface area is 214 Å². The molecule has 0 aliphatic heterocycles. The molecule has 0 bridgehead atoms. The summed E-state index contributed by atoms with van der Waals surface area (Å²) in [4.78, 5) is 48.5. The van der Waals surface area contributed by atoms with Crippen LogP contribution < -0.4 is 15.2 Å². The van der Waals surface area contributed by atoms with Crippen molar-refractivity contribution in [2.45, 2.75) is 111 Å². The normalized spacial score (nSPS) is 13.3. The molecule has 1 aromatic carbocycles. The molecule has 0 spiro atoms. The molecule has 0 saturated carbocycles. The second kappa shape index (κ2) is 16.7. The van der Waals surface area contributed by atoms with Crippen molar-refractivity contribution in [2.24, 2.45) is 5.73 Å². The quantitative estimate of drug-likeness (QED) is 0.196. The third-order valence-corrected chi connectivity index (χ3v) is 5.39. The number of hydrogen-bond acceptors (Lipinski definition) is 9. The molecular weight excluding hydrogens is 466 g/mol. The molecule has 0 aliphatic rings. The van der Waals surface area contributed by atoms with E-state index in [-0.39, 0.29) is 36.7 Å². The second-order valence-corrected chi connectivity index (χ2v) is 8.83. The van der Waals surface area contributed by atoms with Crippen LogP contribution in [0, 0.1) is 0 Å². The Hall–Kier alpha value is -2.94. The minimum Gasteiger partial charge on any atom is -0.459 e. The topological polar surface area (TPSA) is 131 Å². The maximum Gasteiger partial charge on any atom is 0.323 e. The summed E-state index contributed by atoms with van der Waals surface area (Å²) in [6.07, 6.45) is 3.50. The first kappa shape index (κ1) is 31.1. The van der Waals surface area contributed by atoms with Crippen LogP contribution in [0.2, 0.25) is 0 Å². The summed E-state index contributed by atoms with van der Waals surface area (Å²) in [7, 11) is 0. The summed E-state index contributed by atoms with van der Waals surface area (Å²) >= 11 is 0. The van der Waals surface area contributed by atoms with Crippen LogP contribution in [0.3, 0.4) is 0 Å². The highest BCUT2D eigenvalue weighted by atomic mass is 16.6. The van der Waals surface area contributed by atoms with Crippen molar-refractivity contribution < 1.29 is 38.1 Å². The van der Waals surface area contributed by atoms with Gasteiger partial charge in [-0.1, -0.05) is 39.7 Å². The van der Waals surface area contributed by atoms with Gasteiger partial charge in [-0.3, -0.25) is 19.2 Å². The number of unbranched alkanes of at least 4 members (excludes halogenated alkanes) is 2. The summed E-state index contributed by atoms with van der Waals surface area (Å²) in [6.45, 7) is 9.05. The molecule has 202 valence electrons. The molecule has 0 saturated heterocycles. The molecule has 0 fully saturated rings. The SMILES string of the molecule is CCCCCC(=O)OC(C)[C@H](C)OC(=O)[C@@H](N)Cc1ccc(OC(=O)CCC)c(OC(=O)CCC)c1. The van der Waals surface area contributed by atoms with Gasteiger partial charge >= 0.3 is 23.9 Å². The Kier molecular flexibility index (Phi) is 14.4. The average molecular weight is 508 g/mol. The van der Waals surface area contributed by atoms with Gasteiger partial charge in [0.05, 0.1) is 0 Å². The summed E-state index contributed by atoms with van der Waals surface area (Å²) < 4.78 is 21.5. The third-order valence-electron chi connectivity index (χ3n) is 5.39. The number of rotatable bonds is 16. The number of ether oxygens (including phenoxy) is 4. The van der Waals surface area contributed by atoms with Gasteiger partial charge in [0.25, 0.3) is 0 Å². The Morgan fingerprint density at radius 1 is 0.750 bits per heavy atom. The van der Waals surface area contributed by atoms with Gasteiger partial charge < -0.3 is 24.7 Å². The first-order valence-electron chi connectivity index (χ1n) is 12.8. The number of esters is 4. The Balaban J connectivity index is 2.80. The van der Waals surface area contributed by atoms with Crippen LogP contribution >= 0.6 is 0 Å². The molecule has 0 heterocycles. The smallest absolute Gasteiger partial charge is 0.323 e. The lowest BCUT2D eigenvalue weighted by atomic mass is 10.1. The molecule has 0 radical (unpaired) electrons. The minimum atomic E-state index is -1.01. The molecule has 36 heavy (non-hydrogen) atoms. The molecule has 0 amide bonds. The highest BCUT2D eigenvalue weighted by molar-refractivity contribution is 5.77. The molecule has 0 aliphatic carbocycles. The largest absolute Gasteiger partial charge is 0.459 e. The standard InChI is InChI=1S/C27H41NO8/c1-6-9-10-13-26(31)33-18(4)19(5)34-27(32)21(28)16-20-14-15-22(35-24(29)11-7-2)23(17-20)36-25(30)12-8-3/h14-15,17-19,21H,6-13,16,28H2,1-5H3/t18?,19-,21-/m0/s1. The zero-order valence-corrected chi connectivity index (χ0v) is 22.2. The van der Waals surface area contributed by atoms with Gasteiger partial charge in [-0.15, -0.1) is 0 Å². The molecule has 1 aromatic rings. The minimum absolute atomic E-state index is 0.0907. The maximum absolute atomic E-state index is 12.5. The fourth-order valence-corrected chi connectivity index (χ4v) is 3.18. The highest BCUT2D eigenvalue weighted by Gasteiger charge is 2.25. The number of hydrogen-bond donors (Lipinski definition) is 1. The van der Waals surface area contributed by atoms with Crippen molar-refractivity contribution in [1.82, 2.24) is 0 Å². The number of nitrogens with two attached hydrogens (primary N) is 1. The van der Waals surface area contributed by atoms with Crippen molar-refractivity contribution >= 4 is 23.9 Å². The molecule has 2 N–H and O–H groups in total. The van der Waals surface area contributed by atoms with Crippen LogP contribution in [0.25, 0.3) is 0 Å². The lowest BCUT2D eigenvalue weighted by Gasteiger charge is -2.22.